The number of aliphatic carboxylic acids is 1. The first-order valence-corrected chi connectivity index (χ1v) is 7.94. The van der Waals surface area contributed by atoms with Gasteiger partial charge in [0.1, 0.15) is 17.7 Å². The number of alkyl carbamates (subject to hydrolysis) is 1. The van der Waals surface area contributed by atoms with Crippen molar-refractivity contribution >= 4 is 18.0 Å². The number of nitrogens with two attached hydrogens (primary N) is 1. The predicted octanol–water partition coefficient (Wildman–Crippen LogP) is 0.349. The largest absolute Gasteiger partial charge is 0.480 e. The number of carbonyl (C=O) groups is 3. The van der Waals surface area contributed by atoms with Crippen molar-refractivity contribution in [1.82, 2.24) is 16.1 Å². The molecule has 0 radical (unpaired) electrons. The molecule has 0 aromatic heterocycles. The van der Waals surface area contributed by atoms with Crippen molar-refractivity contribution in [3.63, 3.8) is 0 Å². The highest BCUT2D eigenvalue weighted by Crippen LogP contribution is 2.09. The Morgan fingerprint density at radius 3 is 2.17 bits per heavy atom. The third-order valence-corrected chi connectivity index (χ3v) is 3.05. The fourth-order valence-corrected chi connectivity index (χ4v) is 1.90. The average molecular weight is 346 g/mol. The number of carbonyl (C=O) groups excluding carboxylic acids is 2. The highest BCUT2D eigenvalue weighted by Gasteiger charge is 2.29. The molecule has 0 aliphatic heterocycles. The Morgan fingerprint density at radius 1 is 1.17 bits per heavy atom. The number of amides is 2. The number of rotatable bonds is 9. The minimum atomic E-state index is -1.14. The normalized spacial score (nSPS) is 14.0. The van der Waals surface area contributed by atoms with Crippen molar-refractivity contribution in [2.45, 2.75) is 65.1 Å². The molecule has 2 amide bonds. The fraction of sp³-hybridized carbons (Fsp3) is 0.800. The van der Waals surface area contributed by atoms with Gasteiger partial charge >= 0.3 is 12.1 Å². The number of nitrogens with one attached hydrogen (secondary N) is 3. The highest BCUT2D eigenvalue weighted by molar-refractivity contribution is 5.89. The third kappa shape index (κ3) is 9.31. The van der Waals surface area contributed by atoms with Crippen LogP contribution in [0.4, 0.5) is 4.79 Å². The Kier molecular flexibility index (Phi) is 9.30. The number of hydrazine groups is 1. The van der Waals surface area contributed by atoms with Crippen LogP contribution in [0.25, 0.3) is 0 Å². The fourth-order valence-electron chi connectivity index (χ4n) is 1.90. The predicted molar refractivity (Wildman–Crippen MR) is 89.0 cm³/mol. The van der Waals surface area contributed by atoms with Crippen molar-refractivity contribution in [1.29, 1.82) is 0 Å². The number of hydrogen-bond acceptors (Lipinski definition) is 6. The molecule has 0 heterocycles. The van der Waals surface area contributed by atoms with Crippen LogP contribution in [0.5, 0.6) is 0 Å². The van der Waals surface area contributed by atoms with Crippen LogP contribution in [-0.2, 0) is 14.3 Å². The lowest BCUT2D eigenvalue weighted by atomic mass is 10.0. The molecule has 0 aromatic rings. The van der Waals surface area contributed by atoms with Gasteiger partial charge in [-0.2, -0.15) is 0 Å². The van der Waals surface area contributed by atoms with Crippen molar-refractivity contribution in [2.24, 2.45) is 11.8 Å². The van der Waals surface area contributed by atoms with Crippen LogP contribution in [0.3, 0.4) is 0 Å². The van der Waals surface area contributed by atoms with E-state index >= 15 is 0 Å². The van der Waals surface area contributed by atoms with Crippen LogP contribution in [0, 0.1) is 5.92 Å². The summed E-state index contributed by atoms with van der Waals surface area (Å²) < 4.78 is 5.13. The molecular weight excluding hydrogens is 316 g/mol. The molecule has 2 atom stereocenters. The van der Waals surface area contributed by atoms with Gasteiger partial charge in [-0.1, -0.05) is 13.8 Å². The topological polar surface area (TPSA) is 143 Å². The van der Waals surface area contributed by atoms with Gasteiger partial charge in [0.2, 0.25) is 5.91 Å². The zero-order chi connectivity index (χ0) is 18.9. The van der Waals surface area contributed by atoms with Crippen LogP contribution in [0.15, 0.2) is 0 Å². The maximum atomic E-state index is 12.3. The van der Waals surface area contributed by atoms with Crippen LogP contribution in [0.2, 0.25) is 0 Å². The SMILES string of the molecule is CC(C)[C@H](NC(=O)OC(C)(C)C)C(=O)N[C@@H](CCCNN)C(=O)O. The molecule has 0 aromatic carbocycles. The number of ether oxygens (including phenoxy) is 1. The molecule has 140 valence electrons. The Bertz CT molecular complexity index is 434. The van der Waals surface area contributed by atoms with Crippen molar-refractivity contribution in [2.75, 3.05) is 6.54 Å². The molecule has 0 unspecified atom stereocenters. The first-order valence-electron chi connectivity index (χ1n) is 7.94. The van der Waals surface area contributed by atoms with Crippen LogP contribution < -0.4 is 21.9 Å². The average Bonchev–Trinajstić information content (AvgIpc) is 2.41. The zero-order valence-electron chi connectivity index (χ0n) is 15.0. The first-order chi connectivity index (χ1) is 11.0. The number of carboxylic acids is 1. The van der Waals surface area contributed by atoms with Crippen molar-refractivity contribution in [3.8, 4) is 0 Å². The Balaban J connectivity index is 4.82. The lowest BCUT2D eigenvalue weighted by Gasteiger charge is -2.26. The minimum Gasteiger partial charge on any atom is -0.480 e. The monoisotopic (exact) mass is 346 g/mol. The lowest BCUT2D eigenvalue weighted by Crippen LogP contribution is -2.54. The second-order valence-electron chi connectivity index (χ2n) is 6.86. The summed E-state index contributed by atoms with van der Waals surface area (Å²) in [7, 11) is 0. The zero-order valence-corrected chi connectivity index (χ0v) is 15.0. The van der Waals surface area contributed by atoms with E-state index in [1.54, 1.807) is 34.6 Å². The van der Waals surface area contributed by atoms with E-state index in [2.05, 4.69) is 16.1 Å². The van der Waals surface area contributed by atoms with Gasteiger partial charge in [0.15, 0.2) is 0 Å². The quantitative estimate of drug-likeness (QED) is 0.230. The van der Waals surface area contributed by atoms with Crippen LogP contribution in [0.1, 0.15) is 47.5 Å². The van der Waals surface area contributed by atoms with E-state index in [0.717, 1.165) is 0 Å². The minimum absolute atomic E-state index is 0.225. The molecule has 0 spiro atoms. The summed E-state index contributed by atoms with van der Waals surface area (Å²) >= 11 is 0. The van der Waals surface area contributed by atoms with E-state index in [4.69, 9.17) is 10.6 Å². The highest BCUT2D eigenvalue weighted by atomic mass is 16.6. The van der Waals surface area contributed by atoms with Gasteiger partial charge in [-0.05, 0) is 39.5 Å². The molecule has 0 aliphatic carbocycles. The van der Waals surface area contributed by atoms with Gasteiger partial charge < -0.3 is 20.5 Å². The van der Waals surface area contributed by atoms with E-state index in [0.29, 0.717) is 13.0 Å². The maximum Gasteiger partial charge on any atom is 0.408 e. The molecule has 9 heteroatoms. The molecule has 9 nitrogen and oxygen atoms in total. The van der Waals surface area contributed by atoms with Gasteiger partial charge in [0.25, 0.3) is 0 Å². The molecule has 6 N–H and O–H groups in total. The molecule has 24 heavy (non-hydrogen) atoms. The second-order valence-corrected chi connectivity index (χ2v) is 6.86. The van der Waals surface area contributed by atoms with Crippen LogP contribution in [-0.4, -0.2) is 47.3 Å². The smallest absolute Gasteiger partial charge is 0.408 e. The van der Waals surface area contributed by atoms with Crippen molar-refractivity contribution < 1.29 is 24.2 Å². The summed E-state index contributed by atoms with van der Waals surface area (Å²) in [4.78, 5) is 35.5. The Labute approximate surface area is 142 Å². The van der Waals surface area contributed by atoms with E-state index in [9.17, 15) is 19.5 Å². The van der Waals surface area contributed by atoms with Gasteiger partial charge in [-0.25, -0.2) is 9.59 Å². The summed E-state index contributed by atoms with van der Waals surface area (Å²) in [6, 6.07) is -1.94. The molecule has 0 rings (SSSR count). The summed E-state index contributed by atoms with van der Waals surface area (Å²) in [5.74, 6) is 3.20. The first kappa shape index (κ1) is 22.1. The summed E-state index contributed by atoms with van der Waals surface area (Å²) in [5, 5.41) is 14.1. The van der Waals surface area contributed by atoms with Gasteiger partial charge in [0.05, 0.1) is 0 Å². The molecule has 0 saturated carbocycles. The molecule has 0 aliphatic rings. The molecule has 0 bridgehead atoms. The van der Waals surface area contributed by atoms with E-state index in [-0.39, 0.29) is 12.3 Å². The van der Waals surface area contributed by atoms with Gasteiger partial charge in [-0.15, -0.1) is 0 Å². The van der Waals surface area contributed by atoms with Crippen LogP contribution >= 0.6 is 0 Å². The maximum absolute atomic E-state index is 12.3. The molecular formula is C15H30N4O5. The van der Waals surface area contributed by atoms with Crippen molar-refractivity contribution in [3.05, 3.63) is 0 Å². The Hall–Kier alpha value is -1.87. The number of carboxylic acid groups (broad SMARTS) is 1. The molecule has 0 saturated heterocycles. The number of hydrogen-bond donors (Lipinski definition) is 5. The lowest BCUT2D eigenvalue weighted by molar-refractivity contribution is -0.142. The summed E-state index contributed by atoms with van der Waals surface area (Å²) in [6.45, 7) is 9.06. The van der Waals surface area contributed by atoms with Gasteiger partial charge in [0, 0.05) is 6.54 Å². The Morgan fingerprint density at radius 2 is 1.75 bits per heavy atom. The third-order valence-electron chi connectivity index (χ3n) is 3.05. The van der Waals surface area contributed by atoms with E-state index in [1.165, 1.54) is 0 Å². The van der Waals surface area contributed by atoms with Gasteiger partial charge in [-0.3, -0.25) is 16.1 Å². The summed E-state index contributed by atoms with van der Waals surface area (Å²) in [6.07, 6.45) is -0.0159. The van der Waals surface area contributed by atoms with E-state index in [1.807, 2.05) is 0 Å². The standard InChI is InChI=1S/C15H30N4O5/c1-9(2)11(19-14(23)24-15(3,4)5)12(20)18-10(13(21)22)7-6-8-17-16/h9-11,17H,6-8,16H2,1-5H3,(H,18,20)(H,19,23)(H,21,22)/t10-,11-/m0/s1. The second kappa shape index (κ2) is 10.1. The summed E-state index contributed by atoms with van der Waals surface area (Å²) in [5.41, 5.74) is 1.73. The van der Waals surface area contributed by atoms with E-state index < -0.39 is 35.7 Å². The molecule has 0 fully saturated rings.